The van der Waals surface area contributed by atoms with Crippen LogP contribution >= 0.6 is 27.7 Å². The summed E-state index contributed by atoms with van der Waals surface area (Å²) in [5, 5.41) is 0. The highest BCUT2D eigenvalue weighted by atomic mass is 79.9. The largest absolute Gasteiger partial charge is 0.341 e. The van der Waals surface area contributed by atoms with Gasteiger partial charge < -0.3 is 4.90 Å². The molecule has 21 heavy (non-hydrogen) atoms. The van der Waals surface area contributed by atoms with Gasteiger partial charge >= 0.3 is 0 Å². The molecule has 0 aliphatic heterocycles. The Morgan fingerprint density at radius 3 is 2.52 bits per heavy atom. The van der Waals surface area contributed by atoms with E-state index in [2.05, 4.69) is 28.1 Å². The monoisotopic (exact) mass is 363 g/mol. The van der Waals surface area contributed by atoms with E-state index in [1.54, 1.807) is 16.7 Å². The first-order valence-electron chi connectivity index (χ1n) is 6.75. The minimum absolute atomic E-state index is 0.166. The number of carbonyl (C=O) groups excluding carboxylic acids is 1. The Labute approximate surface area is 138 Å². The third-order valence-corrected chi connectivity index (χ3v) is 4.55. The molecule has 4 heteroatoms. The lowest BCUT2D eigenvalue weighted by Gasteiger charge is -2.17. The summed E-state index contributed by atoms with van der Waals surface area (Å²) in [7, 11) is 1.86. The third-order valence-electron chi connectivity index (χ3n) is 3.07. The molecule has 110 valence electrons. The molecule has 0 aliphatic rings. The van der Waals surface area contributed by atoms with E-state index in [0.717, 1.165) is 15.8 Å². The van der Waals surface area contributed by atoms with Crippen LogP contribution in [0.3, 0.4) is 0 Å². The number of nitrogens with zero attached hydrogens (tertiary/aromatic N) is 1. The van der Waals surface area contributed by atoms with Crippen molar-refractivity contribution in [2.45, 2.75) is 12.3 Å². The molecular weight excluding hydrogens is 346 g/mol. The van der Waals surface area contributed by atoms with Crippen LogP contribution in [0.1, 0.15) is 11.1 Å². The summed E-state index contributed by atoms with van der Waals surface area (Å²) in [5.41, 5.74) is 2.39. The molecule has 2 rings (SSSR count). The maximum Gasteiger partial charge on any atom is 0.232 e. The van der Waals surface area contributed by atoms with Gasteiger partial charge in [-0.3, -0.25) is 4.79 Å². The number of carbonyl (C=O) groups is 1. The highest BCUT2D eigenvalue weighted by molar-refractivity contribution is 9.10. The summed E-state index contributed by atoms with van der Waals surface area (Å²) in [6.45, 7) is 0.664. The van der Waals surface area contributed by atoms with Crippen molar-refractivity contribution in [2.75, 3.05) is 12.8 Å². The van der Waals surface area contributed by atoms with Crippen molar-refractivity contribution in [1.29, 1.82) is 0 Å². The second-order valence-electron chi connectivity index (χ2n) is 4.86. The van der Waals surface area contributed by atoms with E-state index < -0.39 is 0 Å². The smallest absolute Gasteiger partial charge is 0.232 e. The van der Waals surface area contributed by atoms with Crippen molar-refractivity contribution < 1.29 is 4.79 Å². The molecule has 1 amide bonds. The first-order chi connectivity index (χ1) is 10.1. The number of halogens is 1. The van der Waals surface area contributed by atoms with Crippen LogP contribution in [0.15, 0.2) is 59.1 Å². The van der Waals surface area contributed by atoms with Crippen molar-refractivity contribution in [2.24, 2.45) is 0 Å². The van der Waals surface area contributed by atoms with Crippen molar-refractivity contribution in [3.8, 4) is 0 Å². The lowest BCUT2D eigenvalue weighted by atomic mass is 10.2. The van der Waals surface area contributed by atoms with Crippen molar-refractivity contribution in [3.63, 3.8) is 0 Å². The lowest BCUT2D eigenvalue weighted by Crippen LogP contribution is -2.27. The Balaban J connectivity index is 1.76. The quantitative estimate of drug-likeness (QED) is 0.760. The number of thioether (sulfide) groups is 1. The zero-order valence-corrected chi connectivity index (χ0v) is 14.4. The van der Waals surface area contributed by atoms with Crippen LogP contribution in [-0.2, 0) is 17.1 Å². The van der Waals surface area contributed by atoms with Crippen LogP contribution in [-0.4, -0.2) is 23.6 Å². The summed E-state index contributed by atoms with van der Waals surface area (Å²) in [5.74, 6) is 1.53. The number of benzene rings is 2. The van der Waals surface area contributed by atoms with Crippen LogP contribution in [0, 0.1) is 0 Å². The van der Waals surface area contributed by atoms with E-state index in [1.165, 1.54) is 5.56 Å². The molecule has 0 radical (unpaired) electrons. The van der Waals surface area contributed by atoms with Crippen LogP contribution in [0.2, 0.25) is 0 Å². The summed E-state index contributed by atoms with van der Waals surface area (Å²) in [4.78, 5) is 13.9. The molecule has 0 unspecified atom stereocenters. The van der Waals surface area contributed by atoms with E-state index in [-0.39, 0.29) is 5.91 Å². The molecule has 0 heterocycles. The van der Waals surface area contributed by atoms with Crippen LogP contribution in [0.4, 0.5) is 0 Å². The van der Waals surface area contributed by atoms with E-state index in [1.807, 2.05) is 49.5 Å². The maximum atomic E-state index is 12.1. The minimum Gasteiger partial charge on any atom is -0.341 e. The molecule has 0 spiro atoms. The first-order valence-corrected chi connectivity index (χ1v) is 8.70. The van der Waals surface area contributed by atoms with Gasteiger partial charge in [-0.15, -0.1) is 11.8 Å². The van der Waals surface area contributed by atoms with Crippen LogP contribution < -0.4 is 0 Å². The fraction of sp³-hybridized carbons (Fsp3) is 0.235. The molecule has 2 aromatic rings. The van der Waals surface area contributed by atoms with Crippen molar-refractivity contribution in [3.05, 3.63) is 70.2 Å². The van der Waals surface area contributed by atoms with E-state index >= 15 is 0 Å². The van der Waals surface area contributed by atoms with Gasteiger partial charge in [0.2, 0.25) is 5.91 Å². The highest BCUT2D eigenvalue weighted by Crippen LogP contribution is 2.17. The van der Waals surface area contributed by atoms with E-state index in [0.29, 0.717) is 12.3 Å². The molecule has 0 atom stereocenters. The van der Waals surface area contributed by atoms with Gasteiger partial charge in [0.25, 0.3) is 0 Å². The molecular formula is C17H18BrNOS. The average Bonchev–Trinajstić information content (AvgIpc) is 2.48. The standard InChI is InChI=1S/C17H18BrNOS/c1-19(11-14-6-3-2-4-7-14)17(20)13-21-12-15-8-5-9-16(18)10-15/h2-10H,11-13H2,1H3. The number of hydrogen-bond acceptors (Lipinski definition) is 2. The average molecular weight is 364 g/mol. The molecule has 2 aromatic carbocycles. The normalized spacial score (nSPS) is 10.4. The Hall–Kier alpha value is -1.26. The predicted molar refractivity (Wildman–Crippen MR) is 93.2 cm³/mol. The number of rotatable bonds is 6. The summed E-state index contributed by atoms with van der Waals surface area (Å²) in [6.07, 6.45) is 0. The van der Waals surface area contributed by atoms with Gasteiger partial charge in [0.15, 0.2) is 0 Å². The zero-order chi connectivity index (χ0) is 15.1. The van der Waals surface area contributed by atoms with Gasteiger partial charge in [-0.05, 0) is 23.3 Å². The van der Waals surface area contributed by atoms with Crippen LogP contribution in [0.25, 0.3) is 0 Å². The Morgan fingerprint density at radius 1 is 1.10 bits per heavy atom. The van der Waals surface area contributed by atoms with Gasteiger partial charge in [-0.2, -0.15) is 0 Å². The summed E-state index contributed by atoms with van der Waals surface area (Å²) < 4.78 is 1.08. The Kier molecular flexibility index (Phi) is 6.33. The van der Waals surface area contributed by atoms with Gasteiger partial charge in [0, 0.05) is 23.8 Å². The topological polar surface area (TPSA) is 20.3 Å². The van der Waals surface area contributed by atoms with Gasteiger partial charge in [-0.1, -0.05) is 58.4 Å². The van der Waals surface area contributed by atoms with E-state index in [9.17, 15) is 4.79 Å². The van der Waals surface area contributed by atoms with Crippen molar-refractivity contribution in [1.82, 2.24) is 4.90 Å². The predicted octanol–water partition coefficient (Wildman–Crippen LogP) is 4.34. The molecule has 0 aliphatic carbocycles. The second-order valence-corrected chi connectivity index (χ2v) is 6.76. The van der Waals surface area contributed by atoms with Gasteiger partial charge in [0.1, 0.15) is 0 Å². The Bertz CT molecular complexity index is 588. The van der Waals surface area contributed by atoms with E-state index in [4.69, 9.17) is 0 Å². The van der Waals surface area contributed by atoms with Gasteiger partial charge in [0.05, 0.1) is 5.75 Å². The zero-order valence-electron chi connectivity index (χ0n) is 12.0. The molecule has 0 saturated heterocycles. The third kappa shape index (κ3) is 5.56. The first kappa shape index (κ1) is 16.1. The molecule has 0 bridgehead atoms. The summed E-state index contributed by atoms with van der Waals surface area (Å²) >= 11 is 5.11. The number of amides is 1. The molecule has 0 aromatic heterocycles. The SMILES string of the molecule is CN(Cc1ccccc1)C(=O)CSCc1cccc(Br)c1. The molecule has 0 fully saturated rings. The Morgan fingerprint density at radius 2 is 1.81 bits per heavy atom. The summed E-state index contributed by atoms with van der Waals surface area (Å²) in [6, 6.07) is 18.2. The van der Waals surface area contributed by atoms with Gasteiger partial charge in [-0.25, -0.2) is 0 Å². The maximum absolute atomic E-state index is 12.1. The molecule has 0 saturated carbocycles. The fourth-order valence-corrected chi connectivity index (χ4v) is 3.30. The minimum atomic E-state index is 0.166. The number of hydrogen-bond donors (Lipinski definition) is 0. The molecule has 0 N–H and O–H groups in total. The lowest BCUT2D eigenvalue weighted by molar-refractivity contribution is -0.127. The molecule has 2 nitrogen and oxygen atoms in total. The second kappa shape index (κ2) is 8.25. The fourth-order valence-electron chi connectivity index (χ4n) is 1.94. The van der Waals surface area contributed by atoms with Crippen molar-refractivity contribution >= 4 is 33.6 Å². The highest BCUT2D eigenvalue weighted by Gasteiger charge is 2.09. The van der Waals surface area contributed by atoms with Crippen LogP contribution in [0.5, 0.6) is 0 Å².